The summed E-state index contributed by atoms with van der Waals surface area (Å²) in [6.45, 7) is 2.00. The Labute approximate surface area is 73.4 Å². The van der Waals surface area contributed by atoms with E-state index in [9.17, 15) is 4.57 Å². The van der Waals surface area contributed by atoms with Crippen LogP contribution in [0.15, 0.2) is 30.3 Å². The fraction of sp³-hybridized carbons (Fsp3) is 0.333. The maximum absolute atomic E-state index is 11.2. The monoisotopic (exact) mass is 184 g/mol. The first kappa shape index (κ1) is 9.34. The van der Waals surface area contributed by atoms with E-state index in [1.807, 2.05) is 37.3 Å². The molecule has 1 unspecified atom stereocenters. The van der Waals surface area contributed by atoms with Crippen LogP contribution in [0, 0.1) is 0 Å². The van der Waals surface area contributed by atoms with Gasteiger partial charge < -0.3 is 4.52 Å². The Balaban J connectivity index is 2.47. The van der Waals surface area contributed by atoms with Gasteiger partial charge in [-0.2, -0.15) is 0 Å². The van der Waals surface area contributed by atoms with Crippen LogP contribution >= 0.6 is 8.03 Å². The fourth-order valence-corrected chi connectivity index (χ4v) is 1.78. The third-order valence-corrected chi connectivity index (χ3v) is 2.80. The Hall–Kier alpha value is -0.750. The second-order valence-electron chi connectivity index (χ2n) is 2.54. The molecule has 0 fully saturated rings. The molecule has 0 bridgehead atoms. The molecule has 2 nitrogen and oxygen atoms in total. The standard InChI is InChI=1S/C9H13O2P/c1-2-8-12(10)11-9-6-4-3-5-7-9/h3-7,12H,2,8H2,1H3. The highest BCUT2D eigenvalue weighted by atomic mass is 31.1. The van der Waals surface area contributed by atoms with E-state index in [2.05, 4.69) is 0 Å². The summed E-state index contributed by atoms with van der Waals surface area (Å²) >= 11 is 0. The zero-order chi connectivity index (χ0) is 8.81. The summed E-state index contributed by atoms with van der Waals surface area (Å²) in [5, 5.41) is 0. The van der Waals surface area contributed by atoms with Gasteiger partial charge in [-0.1, -0.05) is 25.1 Å². The van der Waals surface area contributed by atoms with Crippen molar-refractivity contribution < 1.29 is 9.09 Å². The summed E-state index contributed by atoms with van der Waals surface area (Å²) < 4.78 is 16.4. The quantitative estimate of drug-likeness (QED) is 0.672. The van der Waals surface area contributed by atoms with Crippen LogP contribution in [0.3, 0.4) is 0 Å². The molecule has 0 spiro atoms. The lowest BCUT2D eigenvalue weighted by atomic mass is 10.3. The Bertz CT molecular complexity index is 246. The van der Waals surface area contributed by atoms with E-state index in [-0.39, 0.29) is 0 Å². The Morgan fingerprint density at radius 3 is 2.58 bits per heavy atom. The maximum atomic E-state index is 11.2. The summed E-state index contributed by atoms with van der Waals surface area (Å²) in [5.74, 6) is 0.704. The molecule has 1 aromatic rings. The fourth-order valence-electron chi connectivity index (χ4n) is 0.875. The SMILES string of the molecule is CCC[PH](=O)Oc1ccccc1. The molecule has 0 saturated carbocycles. The summed E-state index contributed by atoms with van der Waals surface area (Å²) in [6.07, 6.45) is 1.57. The number of para-hydroxylation sites is 1. The molecule has 0 amide bonds. The molecule has 0 aromatic heterocycles. The van der Waals surface area contributed by atoms with Crippen LogP contribution in [0.25, 0.3) is 0 Å². The summed E-state index contributed by atoms with van der Waals surface area (Å²) in [7, 11) is -1.84. The third-order valence-electron chi connectivity index (χ3n) is 1.43. The van der Waals surface area contributed by atoms with Gasteiger partial charge in [-0.05, 0) is 18.6 Å². The highest BCUT2D eigenvalue weighted by Crippen LogP contribution is 2.26. The van der Waals surface area contributed by atoms with Gasteiger partial charge in [-0.25, -0.2) is 0 Å². The van der Waals surface area contributed by atoms with Gasteiger partial charge in [-0.15, -0.1) is 0 Å². The molecule has 0 radical (unpaired) electrons. The number of hydrogen-bond donors (Lipinski definition) is 0. The van der Waals surface area contributed by atoms with E-state index in [0.29, 0.717) is 11.9 Å². The maximum Gasteiger partial charge on any atom is 0.236 e. The van der Waals surface area contributed by atoms with E-state index >= 15 is 0 Å². The second kappa shape index (κ2) is 5.00. The van der Waals surface area contributed by atoms with E-state index in [1.165, 1.54) is 0 Å². The summed E-state index contributed by atoms with van der Waals surface area (Å²) in [5.41, 5.74) is 0. The number of benzene rings is 1. The van der Waals surface area contributed by atoms with Gasteiger partial charge in [0.1, 0.15) is 5.75 Å². The van der Waals surface area contributed by atoms with Crippen LogP contribution in [0.5, 0.6) is 5.75 Å². The molecule has 0 heterocycles. The van der Waals surface area contributed by atoms with Gasteiger partial charge in [0.15, 0.2) is 0 Å². The van der Waals surface area contributed by atoms with Gasteiger partial charge in [0.05, 0.1) is 0 Å². The highest BCUT2D eigenvalue weighted by molar-refractivity contribution is 7.39. The first-order chi connectivity index (χ1) is 5.83. The summed E-state index contributed by atoms with van der Waals surface area (Å²) in [6, 6.07) is 9.28. The minimum absolute atomic E-state index is 0.666. The molecule has 12 heavy (non-hydrogen) atoms. The van der Waals surface area contributed by atoms with Crippen LogP contribution in [-0.2, 0) is 4.57 Å². The molecule has 0 saturated heterocycles. The zero-order valence-corrected chi connectivity index (χ0v) is 8.12. The Morgan fingerprint density at radius 1 is 1.33 bits per heavy atom. The lowest BCUT2D eigenvalue weighted by Gasteiger charge is -2.03. The van der Waals surface area contributed by atoms with Crippen molar-refractivity contribution in [2.24, 2.45) is 0 Å². The normalized spacial score (nSPS) is 12.4. The van der Waals surface area contributed by atoms with Crippen molar-refractivity contribution in [3.05, 3.63) is 30.3 Å². The lowest BCUT2D eigenvalue weighted by Crippen LogP contribution is -1.83. The van der Waals surface area contributed by atoms with Crippen molar-refractivity contribution in [1.82, 2.24) is 0 Å². The molecule has 0 aliphatic carbocycles. The van der Waals surface area contributed by atoms with Crippen molar-refractivity contribution in [2.45, 2.75) is 13.3 Å². The summed E-state index contributed by atoms with van der Waals surface area (Å²) in [4.78, 5) is 0. The molecule has 66 valence electrons. The Kier molecular flexibility index (Phi) is 3.89. The van der Waals surface area contributed by atoms with E-state index in [1.54, 1.807) is 0 Å². The Morgan fingerprint density at radius 2 is 2.00 bits per heavy atom. The molecule has 0 aliphatic heterocycles. The first-order valence-electron chi connectivity index (χ1n) is 4.08. The van der Waals surface area contributed by atoms with Crippen LogP contribution in [0.1, 0.15) is 13.3 Å². The number of hydrogen-bond acceptors (Lipinski definition) is 2. The van der Waals surface area contributed by atoms with Crippen LogP contribution in [0.2, 0.25) is 0 Å². The first-order valence-corrected chi connectivity index (χ1v) is 5.61. The molecular formula is C9H13O2P. The minimum Gasteiger partial charge on any atom is -0.445 e. The van der Waals surface area contributed by atoms with E-state index < -0.39 is 8.03 Å². The second-order valence-corrected chi connectivity index (χ2v) is 3.99. The van der Waals surface area contributed by atoms with Crippen molar-refractivity contribution in [3.63, 3.8) is 0 Å². The molecular weight excluding hydrogens is 171 g/mol. The largest absolute Gasteiger partial charge is 0.445 e. The zero-order valence-electron chi connectivity index (χ0n) is 7.12. The average Bonchev–Trinajstić information content (AvgIpc) is 2.06. The molecule has 1 atom stereocenters. The predicted octanol–water partition coefficient (Wildman–Crippen LogP) is 2.95. The molecule has 0 N–H and O–H groups in total. The molecule has 3 heteroatoms. The lowest BCUT2D eigenvalue weighted by molar-refractivity contribution is 0.504. The van der Waals surface area contributed by atoms with Crippen molar-refractivity contribution in [3.8, 4) is 5.75 Å². The highest BCUT2D eigenvalue weighted by Gasteiger charge is 1.98. The number of rotatable bonds is 4. The smallest absolute Gasteiger partial charge is 0.236 e. The van der Waals surface area contributed by atoms with Gasteiger partial charge in [0.25, 0.3) is 0 Å². The van der Waals surface area contributed by atoms with Crippen molar-refractivity contribution in [2.75, 3.05) is 6.16 Å². The average molecular weight is 184 g/mol. The van der Waals surface area contributed by atoms with E-state index in [4.69, 9.17) is 4.52 Å². The van der Waals surface area contributed by atoms with E-state index in [0.717, 1.165) is 6.42 Å². The topological polar surface area (TPSA) is 26.3 Å². The van der Waals surface area contributed by atoms with Crippen molar-refractivity contribution in [1.29, 1.82) is 0 Å². The van der Waals surface area contributed by atoms with Gasteiger partial charge in [-0.3, -0.25) is 4.57 Å². The molecule has 1 aromatic carbocycles. The minimum atomic E-state index is -1.84. The van der Waals surface area contributed by atoms with Crippen LogP contribution in [-0.4, -0.2) is 6.16 Å². The predicted molar refractivity (Wildman–Crippen MR) is 51.2 cm³/mol. The van der Waals surface area contributed by atoms with Gasteiger partial charge >= 0.3 is 0 Å². The molecule has 0 aliphatic rings. The van der Waals surface area contributed by atoms with Crippen LogP contribution < -0.4 is 4.52 Å². The van der Waals surface area contributed by atoms with Crippen molar-refractivity contribution >= 4 is 8.03 Å². The van der Waals surface area contributed by atoms with Gasteiger partial charge in [0, 0.05) is 6.16 Å². The molecule has 1 rings (SSSR count). The van der Waals surface area contributed by atoms with Gasteiger partial charge in [0.2, 0.25) is 8.03 Å². The third kappa shape index (κ3) is 3.10. The van der Waals surface area contributed by atoms with Crippen LogP contribution in [0.4, 0.5) is 0 Å².